The molecule has 3 aliphatic rings. The van der Waals surface area contributed by atoms with Crippen molar-refractivity contribution in [2.24, 2.45) is 11.8 Å². The van der Waals surface area contributed by atoms with E-state index in [-0.39, 0.29) is 37.0 Å². The van der Waals surface area contributed by atoms with Crippen LogP contribution in [0.5, 0.6) is 0 Å². The van der Waals surface area contributed by atoms with Gasteiger partial charge in [0.25, 0.3) is 0 Å². The van der Waals surface area contributed by atoms with E-state index in [1.54, 1.807) is 12.2 Å². The van der Waals surface area contributed by atoms with Crippen LogP contribution in [0, 0.1) is 11.8 Å². The van der Waals surface area contributed by atoms with Crippen LogP contribution in [-0.2, 0) is 19.1 Å². The molecule has 1 N–H and O–H groups in total. The zero-order chi connectivity index (χ0) is 12.2. The molecule has 0 saturated carbocycles. The van der Waals surface area contributed by atoms with E-state index < -0.39 is 17.8 Å². The maximum Gasteiger partial charge on any atom is 0.305 e. The smallest absolute Gasteiger partial charge is 0.305 e. The van der Waals surface area contributed by atoms with Gasteiger partial charge in [0, 0.05) is 6.54 Å². The van der Waals surface area contributed by atoms with Crippen molar-refractivity contribution in [3.05, 3.63) is 12.2 Å². The van der Waals surface area contributed by atoms with Gasteiger partial charge < -0.3 is 9.84 Å². The Kier molecular flexibility index (Phi) is 2.09. The van der Waals surface area contributed by atoms with Gasteiger partial charge in [0.1, 0.15) is 0 Å². The highest BCUT2D eigenvalue weighted by Crippen LogP contribution is 2.44. The number of carboxylic acids is 1. The van der Waals surface area contributed by atoms with Crippen LogP contribution in [0.25, 0.3) is 0 Å². The number of imide groups is 1. The number of amides is 2. The molecule has 3 aliphatic heterocycles. The predicted octanol–water partition coefficient (Wildman–Crippen LogP) is -0.601. The average molecular weight is 237 g/mol. The number of carbonyl (C=O) groups excluding carboxylic acids is 2. The second-order valence-electron chi connectivity index (χ2n) is 4.47. The van der Waals surface area contributed by atoms with E-state index in [2.05, 4.69) is 0 Å². The fourth-order valence-electron chi connectivity index (χ4n) is 2.79. The van der Waals surface area contributed by atoms with Gasteiger partial charge in [-0.3, -0.25) is 19.3 Å². The second kappa shape index (κ2) is 3.40. The first-order chi connectivity index (χ1) is 8.09. The average Bonchev–Trinajstić information content (AvgIpc) is 2.92. The Morgan fingerprint density at radius 1 is 1.24 bits per heavy atom. The minimum absolute atomic E-state index is 0.0422. The van der Waals surface area contributed by atoms with Crippen LogP contribution in [0.15, 0.2) is 12.2 Å². The highest BCUT2D eigenvalue weighted by Gasteiger charge is 2.60. The van der Waals surface area contributed by atoms with E-state index in [1.807, 2.05) is 0 Å². The molecular formula is C11H11NO5. The minimum atomic E-state index is -1.01. The minimum Gasteiger partial charge on any atom is -0.481 e. The molecule has 0 aromatic rings. The summed E-state index contributed by atoms with van der Waals surface area (Å²) in [5.74, 6) is -2.48. The number of carbonyl (C=O) groups is 3. The second-order valence-corrected chi connectivity index (χ2v) is 4.47. The highest BCUT2D eigenvalue weighted by molar-refractivity contribution is 6.06. The lowest BCUT2D eigenvalue weighted by atomic mass is 9.85. The van der Waals surface area contributed by atoms with Gasteiger partial charge >= 0.3 is 5.97 Å². The van der Waals surface area contributed by atoms with Gasteiger partial charge in [-0.25, -0.2) is 0 Å². The summed E-state index contributed by atoms with van der Waals surface area (Å²) in [6.45, 7) is -0.0422. The first-order valence-corrected chi connectivity index (χ1v) is 5.50. The summed E-state index contributed by atoms with van der Waals surface area (Å²) in [5, 5.41) is 8.58. The van der Waals surface area contributed by atoms with Crippen molar-refractivity contribution in [1.82, 2.24) is 4.90 Å². The number of fused-ring (bicyclic) bond motifs is 5. The van der Waals surface area contributed by atoms with Gasteiger partial charge in [-0.05, 0) is 0 Å². The van der Waals surface area contributed by atoms with E-state index >= 15 is 0 Å². The van der Waals surface area contributed by atoms with Crippen LogP contribution in [0.3, 0.4) is 0 Å². The largest absolute Gasteiger partial charge is 0.481 e. The molecule has 0 spiro atoms. The fraction of sp³-hybridized carbons (Fsp3) is 0.545. The van der Waals surface area contributed by atoms with Crippen molar-refractivity contribution in [2.45, 2.75) is 18.6 Å². The first-order valence-electron chi connectivity index (χ1n) is 5.50. The fourth-order valence-corrected chi connectivity index (χ4v) is 2.79. The topological polar surface area (TPSA) is 83.9 Å². The third-order valence-corrected chi connectivity index (χ3v) is 3.55. The summed E-state index contributed by atoms with van der Waals surface area (Å²) in [6.07, 6.45) is 2.78. The van der Waals surface area contributed by atoms with Crippen LogP contribution in [0.2, 0.25) is 0 Å². The highest BCUT2D eigenvalue weighted by atomic mass is 16.5. The summed E-state index contributed by atoms with van der Waals surface area (Å²) >= 11 is 0. The van der Waals surface area contributed by atoms with Crippen molar-refractivity contribution in [2.75, 3.05) is 6.54 Å². The lowest BCUT2D eigenvalue weighted by Gasteiger charge is -2.16. The standard InChI is InChI=1S/C11H11NO5/c13-7(14)3-4-12-10(15)8-5-1-2-6(17-5)9(8)11(12)16/h1-2,5-6,8-9H,3-4H2,(H,13,14). The van der Waals surface area contributed by atoms with E-state index in [4.69, 9.17) is 9.84 Å². The predicted molar refractivity (Wildman–Crippen MR) is 53.8 cm³/mol. The Balaban J connectivity index is 1.80. The summed E-state index contributed by atoms with van der Waals surface area (Å²) in [7, 11) is 0. The van der Waals surface area contributed by atoms with Gasteiger partial charge in [0.05, 0.1) is 30.5 Å². The van der Waals surface area contributed by atoms with E-state index in [0.29, 0.717) is 0 Å². The Bertz CT molecular complexity index is 413. The van der Waals surface area contributed by atoms with Crippen molar-refractivity contribution in [1.29, 1.82) is 0 Å². The molecule has 0 aliphatic carbocycles. The van der Waals surface area contributed by atoms with E-state index in [1.165, 1.54) is 0 Å². The molecule has 90 valence electrons. The van der Waals surface area contributed by atoms with Crippen LogP contribution in [0.1, 0.15) is 6.42 Å². The maximum absolute atomic E-state index is 12.0. The van der Waals surface area contributed by atoms with Crippen LogP contribution in [0.4, 0.5) is 0 Å². The number of ether oxygens (including phenoxy) is 1. The summed E-state index contributed by atoms with van der Waals surface area (Å²) < 4.78 is 5.46. The molecule has 0 radical (unpaired) electrons. The van der Waals surface area contributed by atoms with Crippen molar-refractivity contribution < 1.29 is 24.2 Å². The van der Waals surface area contributed by atoms with Gasteiger partial charge in [0.2, 0.25) is 11.8 Å². The van der Waals surface area contributed by atoms with E-state index in [9.17, 15) is 14.4 Å². The van der Waals surface area contributed by atoms with Gasteiger partial charge in [0.15, 0.2) is 0 Å². The van der Waals surface area contributed by atoms with Crippen molar-refractivity contribution in [3.63, 3.8) is 0 Å². The molecule has 17 heavy (non-hydrogen) atoms. The first kappa shape index (κ1) is 10.5. The molecule has 4 atom stereocenters. The third kappa shape index (κ3) is 1.33. The maximum atomic E-state index is 12.0. The Morgan fingerprint density at radius 3 is 2.24 bits per heavy atom. The Morgan fingerprint density at radius 2 is 1.76 bits per heavy atom. The molecule has 0 aromatic carbocycles. The molecule has 2 fully saturated rings. The monoisotopic (exact) mass is 237 g/mol. The van der Waals surface area contributed by atoms with Crippen LogP contribution < -0.4 is 0 Å². The molecule has 3 rings (SSSR count). The molecule has 2 bridgehead atoms. The number of hydrogen-bond acceptors (Lipinski definition) is 4. The third-order valence-electron chi connectivity index (χ3n) is 3.55. The molecule has 2 saturated heterocycles. The Labute approximate surface area is 96.8 Å². The molecule has 6 nitrogen and oxygen atoms in total. The van der Waals surface area contributed by atoms with Gasteiger partial charge in [-0.2, -0.15) is 0 Å². The number of carboxylic acid groups (broad SMARTS) is 1. The van der Waals surface area contributed by atoms with Crippen LogP contribution in [-0.4, -0.2) is 46.5 Å². The SMILES string of the molecule is O=C(O)CCN1C(=O)C2C3C=CC(O3)C2C1=O. The molecule has 2 amide bonds. The van der Waals surface area contributed by atoms with E-state index in [0.717, 1.165) is 4.90 Å². The number of rotatable bonds is 3. The summed E-state index contributed by atoms with van der Waals surface area (Å²) in [5.41, 5.74) is 0. The summed E-state index contributed by atoms with van der Waals surface area (Å²) in [4.78, 5) is 35.5. The van der Waals surface area contributed by atoms with Crippen LogP contribution >= 0.6 is 0 Å². The number of likely N-dealkylation sites (tertiary alicyclic amines) is 1. The zero-order valence-electron chi connectivity index (χ0n) is 8.91. The summed E-state index contributed by atoms with van der Waals surface area (Å²) in [6, 6.07) is 0. The lowest BCUT2D eigenvalue weighted by Crippen LogP contribution is -2.36. The number of nitrogens with zero attached hydrogens (tertiary/aromatic N) is 1. The molecule has 3 heterocycles. The molecule has 4 unspecified atom stereocenters. The van der Waals surface area contributed by atoms with Gasteiger partial charge in [-0.1, -0.05) is 12.2 Å². The number of hydrogen-bond donors (Lipinski definition) is 1. The molecule has 6 heteroatoms. The quantitative estimate of drug-likeness (QED) is 0.523. The molecule has 0 aromatic heterocycles. The normalized spacial score (nSPS) is 38.0. The Hall–Kier alpha value is -1.69. The van der Waals surface area contributed by atoms with Crippen molar-refractivity contribution in [3.8, 4) is 0 Å². The lowest BCUT2D eigenvalue weighted by molar-refractivity contribution is -0.143. The van der Waals surface area contributed by atoms with Gasteiger partial charge in [-0.15, -0.1) is 0 Å². The van der Waals surface area contributed by atoms with Crippen molar-refractivity contribution >= 4 is 17.8 Å². The zero-order valence-corrected chi connectivity index (χ0v) is 8.91. The molecular weight excluding hydrogens is 226 g/mol. The number of aliphatic carboxylic acids is 1.